The van der Waals surface area contributed by atoms with Gasteiger partial charge in [0, 0.05) is 23.5 Å². The van der Waals surface area contributed by atoms with Gasteiger partial charge in [0.2, 0.25) is 0 Å². The summed E-state index contributed by atoms with van der Waals surface area (Å²) in [5.41, 5.74) is 3.64. The second-order valence-electron chi connectivity index (χ2n) is 5.00. The highest BCUT2D eigenvalue weighted by molar-refractivity contribution is 5.94. The summed E-state index contributed by atoms with van der Waals surface area (Å²) < 4.78 is 5.58. The third-order valence-electron chi connectivity index (χ3n) is 3.33. The molecule has 25 heavy (non-hydrogen) atoms. The van der Waals surface area contributed by atoms with Gasteiger partial charge in [0.15, 0.2) is 0 Å². The Balaban J connectivity index is 1.65. The Kier molecular flexibility index (Phi) is 4.66. The lowest BCUT2D eigenvalue weighted by atomic mass is 10.1. The van der Waals surface area contributed by atoms with E-state index in [2.05, 4.69) is 15.5 Å². The fourth-order valence-corrected chi connectivity index (χ4v) is 2.07. The number of rotatable bonds is 5. The molecular formula is C18H12N3O4-. The normalized spacial score (nSPS) is 10.7. The molecule has 0 saturated heterocycles. The summed E-state index contributed by atoms with van der Waals surface area (Å²) in [6.45, 7) is 0. The van der Waals surface area contributed by atoms with E-state index in [0.29, 0.717) is 22.6 Å². The van der Waals surface area contributed by atoms with Crippen molar-refractivity contribution in [2.24, 2.45) is 5.10 Å². The molecule has 1 N–H and O–H groups in total. The zero-order valence-electron chi connectivity index (χ0n) is 12.9. The molecule has 7 nitrogen and oxygen atoms in total. The molecule has 0 aliphatic carbocycles. The topological polar surface area (TPSA) is 108 Å². The number of nitrogens with one attached hydrogen (secondary N) is 1. The number of hydrazone groups is 1. The number of hydrogen-bond donors (Lipinski definition) is 1. The quantitative estimate of drug-likeness (QED) is 0.561. The highest BCUT2D eigenvalue weighted by Gasteiger charge is 2.05. The predicted octanol–water partition coefficient (Wildman–Crippen LogP) is 1.47. The van der Waals surface area contributed by atoms with Crippen LogP contribution in [-0.2, 0) is 0 Å². The van der Waals surface area contributed by atoms with Crippen LogP contribution in [0.3, 0.4) is 0 Å². The fourth-order valence-electron chi connectivity index (χ4n) is 2.07. The van der Waals surface area contributed by atoms with Gasteiger partial charge >= 0.3 is 0 Å². The van der Waals surface area contributed by atoms with Gasteiger partial charge in [0.25, 0.3) is 5.91 Å². The molecule has 3 aromatic rings. The molecule has 124 valence electrons. The van der Waals surface area contributed by atoms with Crippen molar-refractivity contribution in [1.29, 1.82) is 0 Å². The van der Waals surface area contributed by atoms with Gasteiger partial charge in [-0.05, 0) is 29.8 Å². The number of carbonyl (C=O) groups excluding carboxylic acids is 2. The monoisotopic (exact) mass is 334 g/mol. The molecule has 0 bridgehead atoms. The van der Waals surface area contributed by atoms with Crippen LogP contribution in [0.4, 0.5) is 0 Å². The molecule has 0 aliphatic heterocycles. The lowest BCUT2D eigenvalue weighted by Crippen LogP contribution is -2.21. The number of furan rings is 1. The number of aromatic nitrogens is 1. The molecule has 7 heteroatoms. The number of nitrogens with zero attached hydrogens (tertiary/aromatic N) is 2. The Labute approximate surface area is 142 Å². The van der Waals surface area contributed by atoms with E-state index in [1.54, 1.807) is 36.4 Å². The van der Waals surface area contributed by atoms with Crippen LogP contribution in [0, 0.1) is 0 Å². The summed E-state index contributed by atoms with van der Waals surface area (Å²) in [4.78, 5) is 26.4. The van der Waals surface area contributed by atoms with Crippen molar-refractivity contribution in [2.75, 3.05) is 0 Å². The molecule has 0 spiro atoms. The van der Waals surface area contributed by atoms with Crippen molar-refractivity contribution in [3.8, 4) is 11.3 Å². The second-order valence-corrected chi connectivity index (χ2v) is 5.00. The molecule has 0 atom stereocenters. The maximum Gasteiger partial charge on any atom is 0.271 e. The molecule has 2 heterocycles. The maximum absolute atomic E-state index is 11.8. The van der Waals surface area contributed by atoms with E-state index in [-0.39, 0.29) is 11.5 Å². The molecule has 0 fully saturated rings. The van der Waals surface area contributed by atoms with Crippen molar-refractivity contribution in [2.45, 2.75) is 0 Å². The number of pyridine rings is 1. The van der Waals surface area contributed by atoms with Gasteiger partial charge in [-0.15, -0.1) is 0 Å². The third-order valence-corrected chi connectivity index (χ3v) is 3.33. The standard InChI is InChI=1S/C18H13N3O4/c22-17(13-7-9-19-10-8-13)21-20-11-15-5-6-16(25-15)12-1-3-14(4-2-12)18(23)24/h1-11H,(H,21,22)(H,23,24)/p-1. The predicted molar refractivity (Wildman–Crippen MR) is 87.8 cm³/mol. The van der Waals surface area contributed by atoms with Gasteiger partial charge in [-0.1, -0.05) is 24.3 Å². The molecule has 2 aromatic heterocycles. The largest absolute Gasteiger partial charge is 0.545 e. The van der Waals surface area contributed by atoms with Crippen LogP contribution >= 0.6 is 0 Å². The van der Waals surface area contributed by atoms with Gasteiger partial charge < -0.3 is 14.3 Å². The summed E-state index contributed by atoms with van der Waals surface area (Å²) in [6, 6.07) is 12.7. The SMILES string of the molecule is O=C([O-])c1ccc(-c2ccc(C=NNC(=O)c3ccncc3)o2)cc1. The Hall–Kier alpha value is -3.74. The van der Waals surface area contributed by atoms with Crippen molar-refractivity contribution < 1.29 is 19.1 Å². The van der Waals surface area contributed by atoms with E-state index in [1.807, 2.05) is 0 Å². The summed E-state index contributed by atoms with van der Waals surface area (Å²) in [5.74, 6) is -0.604. The number of amides is 1. The van der Waals surface area contributed by atoms with Crippen molar-refractivity contribution >= 4 is 18.1 Å². The van der Waals surface area contributed by atoms with Crippen LogP contribution in [0.1, 0.15) is 26.5 Å². The minimum Gasteiger partial charge on any atom is -0.545 e. The average molecular weight is 334 g/mol. The van der Waals surface area contributed by atoms with Crippen LogP contribution in [-0.4, -0.2) is 23.1 Å². The maximum atomic E-state index is 11.8. The van der Waals surface area contributed by atoms with Crippen molar-refractivity contribution in [3.63, 3.8) is 0 Å². The van der Waals surface area contributed by atoms with Gasteiger partial charge in [0.05, 0.1) is 12.2 Å². The van der Waals surface area contributed by atoms with Gasteiger partial charge in [-0.3, -0.25) is 9.78 Å². The summed E-state index contributed by atoms with van der Waals surface area (Å²) in [7, 11) is 0. The first-order valence-corrected chi connectivity index (χ1v) is 7.28. The van der Waals surface area contributed by atoms with E-state index in [4.69, 9.17) is 4.42 Å². The molecule has 1 aromatic carbocycles. The number of hydrogen-bond acceptors (Lipinski definition) is 6. The number of carbonyl (C=O) groups is 2. The van der Waals surface area contributed by atoms with E-state index >= 15 is 0 Å². The molecule has 0 radical (unpaired) electrons. The number of aromatic carboxylic acids is 1. The summed E-state index contributed by atoms with van der Waals surface area (Å²) >= 11 is 0. The number of carboxylic acid groups (broad SMARTS) is 1. The average Bonchev–Trinajstić information content (AvgIpc) is 3.11. The van der Waals surface area contributed by atoms with Crippen molar-refractivity contribution in [3.05, 3.63) is 77.8 Å². The first-order valence-electron chi connectivity index (χ1n) is 7.28. The van der Waals surface area contributed by atoms with Crippen LogP contribution in [0.2, 0.25) is 0 Å². The Morgan fingerprint density at radius 3 is 2.40 bits per heavy atom. The molecule has 0 unspecified atom stereocenters. The molecule has 0 saturated carbocycles. The molecule has 1 amide bonds. The highest BCUT2D eigenvalue weighted by Crippen LogP contribution is 2.21. The first-order chi connectivity index (χ1) is 12.1. The first kappa shape index (κ1) is 16.1. The zero-order chi connectivity index (χ0) is 17.6. The molecule has 0 aliphatic rings. The van der Waals surface area contributed by atoms with Gasteiger partial charge in [-0.25, -0.2) is 5.43 Å². The van der Waals surface area contributed by atoms with Gasteiger partial charge in [0.1, 0.15) is 11.5 Å². The Bertz CT molecular complexity index is 915. The summed E-state index contributed by atoms with van der Waals surface area (Å²) in [6.07, 6.45) is 4.41. The van der Waals surface area contributed by atoms with E-state index in [0.717, 1.165) is 0 Å². The molecular weight excluding hydrogens is 322 g/mol. The van der Waals surface area contributed by atoms with Crippen molar-refractivity contribution in [1.82, 2.24) is 10.4 Å². The smallest absolute Gasteiger partial charge is 0.271 e. The van der Waals surface area contributed by atoms with E-state index < -0.39 is 5.97 Å². The third kappa shape index (κ3) is 3.97. The lowest BCUT2D eigenvalue weighted by molar-refractivity contribution is -0.255. The van der Waals surface area contributed by atoms with Crippen LogP contribution < -0.4 is 10.5 Å². The van der Waals surface area contributed by atoms with E-state index in [1.165, 1.54) is 30.7 Å². The zero-order valence-corrected chi connectivity index (χ0v) is 12.9. The highest BCUT2D eigenvalue weighted by atomic mass is 16.4. The minimum atomic E-state index is -1.23. The fraction of sp³-hybridized carbons (Fsp3) is 0. The van der Waals surface area contributed by atoms with Crippen LogP contribution in [0.15, 0.2) is 70.4 Å². The number of carboxylic acids is 1. The minimum absolute atomic E-state index is 0.0934. The summed E-state index contributed by atoms with van der Waals surface area (Å²) in [5, 5.41) is 14.6. The molecule has 3 rings (SSSR count). The van der Waals surface area contributed by atoms with Gasteiger partial charge in [-0.2, -0.15) is 5.10 Å². The Morgan fingerprint density at radius 1 is 1.00 bits per heavy atom. The Morgan fingerprint density at radius 2 is 1.72 bits per heavy atom. The van der Waals surface area contributed by atoms with Crippen LogP contribution in [0.5, 0.6) is 0 Å². The number of benzene rings is 1. The van der Waals surface area contributed by atoms with E-state index in [9.17, 15) is 14.7 Å². The van der Waals surface area contributed by atoms with Crippen LogP contribution in [0.25, 0.3) is 11.3 Å². The second kappa shape index (κ2) is 7.22. The lowest BCUT2D eigenvalue weighted by Gasteiger charge is -2.02.